The Hall–Kier alpha value is -3.54. The number of likely N-dealkylation sites (tertiary alicyclic amines) is 1. The summed E-state index contributed by atoms with van der Waals surface area (Å²) in [5.74, 6) is -0.728. The number of carbonyl (C=O) groups is 2. The fourth-order valence-corrected chi connectivity index (χ4v) is 4.26. The SMILES string of the molecule is CCCCN1C(=O)C(=O)/C(=C(/O)c2ccc(OC)cc2C)C1c1c[nH]c2ccccc12. The Morgan fingerprint density at radius 1 is 1.19 bits per heavy atom. The van der Waals surface area contributed by atoms with E-state index in [1.165, 1.54) is 0 Å². The van der Waals surface area contributed by atoms with E-state index in [0.717, 1.165) is 34.9 Å². The Labute approximate surface area is 181 Å². The molecule has 1 aromatic heterocycles. The monoisotopic (exact) mass is 418 g/mol. The predicted molar refractivity (Wildman–Crippen MR) is 120 cm³/mol. The molecule has 0 spiro atoms. The number of nitrogens with one attached hydrogen (secondary N) is 1. The molecule has 4 rings (SSSR count). The number of nitrogens with zero attached hydrogens (tertiary/aromatic N) is 1. The van der Waals surface area contributed by atoms with Crippen molar-refractivity contribution in [1.82, 2.24) is 9.88 Å². The van der Waals surface area contributed by atoms with Gasteiger partial charge in [-0.2, -0.15) is 0 Å². The third kappa shape index (κ3) is 3.48. The van der Waals surface area contributed by atoms with E-state index in [-0.39, 0.29) is 11.3 Å². The standard InChI is InChI=1S/C25H26N2O4/c1-4-5-12-27-22(19-14-26-20-9-7-6-8-18(19)20)21(24(29)25(27)30)23(28)17-11-10-16(31-3)13-15(17)2/h6-11,13-14,22,26,28H,4-5,12H2,1-3H3/b23-21+. The smallest absolute Gasteiger partial charge is 0.295 e. The number of methoxy groups -OCH3 is 1. The lowest BCUT2D eigenvalue weighted by Gasteiger charge is -2.25. The maximum absolute atomic E-state index is 13.1. The second kappa shape index (κ2) is 8.30. The topological polar surface area (TPSA) is 82.6 Å². The van der Waals surface area contributed by atoms with Crippen molar-refractivity contribution >= 4 is 28.4 Å². The van der Waals surface area contributed by atoms with Gasteiger partial charge in [-0.25, -0.2) is 0 Å². The first-order chi connectivity index (χ1) is 15.0. The summed E-state index contributed by atoms with van der Waals surface area (Å²) in [6.07, 6.45) is 3.49. The highest BCUT2D eigenvalue weighted by Crippen LogP contribution is 2.42. The van der Waals surface area contributed by atoms with Gasteiger partial charge in [-0.1, -0.05) is 31.5 Å². The lowest BCUT2D eigenvalue weighted by Crippen LogP contribution is -2.30. The first kappa shape index (κ1) is 20.7. The second-order valence-corrected chi connectivity index (χ2v) is 7.82. The van der Waals surface area contributed by atoms with Crippen LogP contribution in [0.1, 0.15) is 42.5 Å². The average Bonchev–Trinajstić information content (AvgIpc) is 3.30. The number of aromatic nitrogens is 1. The molecule has 2 heterocycles. The second-order valence-electron chi connectivity index (χ2n) is 7.82. The number of hydrogen-bond donors (Lipinski definition) is 2. The Morgan fingerprint density at radius 3 is 2.68 bits per heavy atom. The number of amides is 1. The molecular formula is C25H26N2O4. The molecule has 0 aliphatic carbocycles. The number of carbonyl (C=O) groups excluding carboxylic acids is 2. The number of Topliss-reactive ketones (excluding diaryl/α,β-unsaturated/α-hetero) is 1. The quantitative estimate of drug-likeness (QED) is 0.345. The molecule has 1 unspecified atom stereocenters. The van der Waals surface area contributed by atoms with Gasteiger partial charge in [0, 0.05) is 34.8 Å². The molecule has 1 saturated heterocycles. The number of aliphatic hydroxyl groups is 1. The Balaban J connectivity index is 1.93. The van der Waals surface area contributed by atoms with Crippen LogP contribution in [0.25, 0.3) is 16.7 Å². The normalized spacial score (nSPS) is 18.2. The molecule has 6 heteroatoms. The van der Waals surface area contributed by atoms with Crippen LogP contribution < -0.4 is 4.74 Å². The number of aromatic amines is 1. The lowest BCUT2D eigenvalue weighted by molar-refractivity contribution is -0.139. The molecule has 0 saturated carbocycles. The maximum atomic E-state index is 13.1. The van der Waals surface area contributed by atoms with Crippen LogP contribution in [0.4, 0.5) is 0 Å². The van der Waals surface area contributed by atoms with Gasteiger partial charge in [-0.3, -0.25) is 9.59 Å². The van der Waals surface area contributed by atoms with Crippen LogP contribution in [0.3, 0.4) is 0 Å². The van der Waals surface area contributed by atoms with Gasteiger partial charge >= 0.3 is 0 Å². The van der Waals surface area contributed by atoms with Crippen LogP contribution >= 0.6 is 0 Å². The van der Waals surface area contributed by atoms with Gasteiger partial charge < -0.3 is 19.7 Å². The molecule has 31 heavy (non-hydrogen) atoms. The maximum Gasteiger partial charge on any atom is 0.295 e. The Morgan fingerprint density at radius 2 is 1.97 bits per heavy atom. The molecule has 0 bridgehead atoms. The molecule has 1 fully saturated rings. The number of hydrogen-bond acceptors (Lipinski definition) is 4. The minimum atomic E-state index is -0.654. The minimum Gasteiger partial charge on any atom is -0.507 e. The van der Waals surface area contributed by atoms with Crippen molar-refractivity contribution in [2.24, 2.45) is 0 Å². The summed E-state index contributed by atoms with van der Waals surface area (Å²) in [6, 6.07) is 12.4. The highest BCUT2D eigenvalue weighted by Gasteiger charge is 2.46. The zero-order valence-electron chi connectivity index (χ0n) is 17.9. The third-order valence-electron chi connectivity index (χ3n) is 5.90. The molecule has 0 radical (unpaired) electrons. The van der Waals surface area contributed by atoms with Crippen LogP contribution in [0, 0.1) is 6.92 Å². The first-order valence-corrected chi connectivity index (χ1v) is 10.5. The van der Waals surface area contributed by atoms with E-state index in [2.05, 4.69) is 4.98 Å². The highest BCUT2D eigenvalue weighted by molar-refractivity contribution is 6.46. The summed E-state index contributed by atoms with van der Waals surface area (Å²) in [7, 11) is 1.57. The number of rotatable bonds is 6. The van der Waals surface area contributed by atoms with Gasteiger partial charge in [-0.15, -0.1) is 0 Å². The Kier molecular flexibility index (Phi) is 5.55. The van der Waals surface area contributed by atoms with Crippen molar-refractivity contribution in [3.05, 3.63) is 70.9 Å². The van der Waals surface area contributed by atoms with Gasteiger partial charge in [0.1, 0.15) is 11.5 Å². The van der Waals surface area contributed by atoms with Crippen molar-refractivity contribution in [3.63, 3.8) is 0 Å². The fourth-order valence-electron chi connectivity index (χ4n) is 4.26. The van der Waals surface area contributed by atoms with Gasteiger partial charge in [0.15, 0.2) is 0 Å². The number of ether oxygens (including phenoxy) is 1. The number of benzene rings is 2. The number of H-pyrrole nitrogens is 1. The number of ketones is 1. The van der Waals surface area contributed by atoms with Gasteiger partial charge in [-0.05, 0) is 43.2 Å². The van der Waals surface area contributed by atoms with E-state index < -0.39 is 17.7 Å². The van der Waals surface area contributed by atoms with E-state index in [0.29, 0.717) is 17.9 Å². The number of aliphatic hydroxyl groups excluding tert-OH is 1. The van der Waals surface area contributed by atoms with Crippen LogP contribution in [0.2, 0.25) is 0 Å². The third-order valence-corrected chi connectivity index (χ3v) is 5.90. The largest absolute Gasteiger partial charge is 0.507 e. The van der Waals surface area contributed by atoms with Crippen molar-refractivity contribution in [2.45, 2.75) is 32.7 Å². The Bertz CT molecular complexity index is 1190. The van der Waals surface area contributed by atoms with Gasteiger partial charge in [0.05, 0.1) is 18.7 Å². The molecule has 2 aromatic carbocycles. The van der Waals surface area contributed by atoms with Crippen LogP contribution in [-0.4, -0.2) is 40.3 Å². The lowest BCUT2D eigenvalue weighted by atomic mass is 9.93. The average molecular weight is 418 g/mol. The molecule has 1 aliphatic heterocycles. The summed E-state index contributed by atoms with van der Waals surface area (Å²) in [5, 5.41) is 12.2. The zero-order chi connectivity index (χ0) is 22.1. The zero-order valence-corrected chi connectivity index (χ0v) is 17.9. The predicted octanol–water partition coefficient (Wildman–Crippen LogP) is 4.71. The van der Waals surface area contributed by atoms with Crippen molar-refractivity contribution in [3.8, 4) is 5.75 Å². The molecule has 1 atom stereocenters. The molecule has 1 aliphatic rings. The van der Waals surface area contributed by atoms with Crippen molar-refractivity contribution in [1.29, 1.82) is 0 Å². The molecule has 6 nitrogen and oxygen atoms in total. The first-order valence-electron chi connectivity index (χ1n) is 10.5. The van der Waals surface area contributed by atoms with Crippen LogP contribution in [0.15, 0.2) is 54.2 Å². The van der Waals surface area contributed by atoms with E-state index in [9.17, 15) is 14.7 Å². The molecular weight excluding hydrogens is 392 g/mol. The number of fused-ring (bicyclic) bond motifs is 1. The molecule has 3 aromatic rings. The number of para-hydroxylation sites is 1. The van der Waals surface area contributed by atoms with E-state index >= 15 is 0 Å². The van der Waals surface area contributed by atoms with Crippen molar-refractivity contribution in [2.75, 3.05) is 13.7 Å². The molecule has 160 valence electrons. The van der Waals surface area contributed by atoms with Crippen molar-refractivity contribution < 1.29 is 19.4 Å². The van der Waals surface area contributed by atoms with E-state index in [1.54, 1.807) is 30.2 Å². The summed E-state index contributed by atoms with van der Waals surface area (Å²) in [6.45, 7) is 4.33. The van der Waals surface area contributed by atoms with E-state index in [1.807, 2.05) is 44.3 Å². The molecule has 2 N–H and O–H groups in total. The summed E-state index contributed by atoms with van der Waals surface area (Å²) >= 11 is 0. The fraction of sp³-hybridized carbons (Fsp3) is 0.280. The van der Waals surface area contributed by atoms with E-state index in [4.69, 9.17) is 4.74 Å². The highest BCUT2D eigenvalue weighted by atomic mass is 16.5. The number of unbranched alkanes of at least 4 members (excludes halogenated alkanes) is 1. The minimum absolute atomic E-state index is 0.124. The van der Waals surface area contributed by atoms with Gasteiger partial charge in [0.2, 0.25) is 0 Å². The van der Waals surface area contributed by atoms with Crippen LogP contribution in [-0.2, 0) is 9.59 Å². The van der Waals surface area contributed by atoms with Crippen LogP contribution in [0.5, 0.6) is 5.75 Å². The summed E-state index contributed by atoms with van der Waals surface area (Å²) in [4.78, 5) is 30.9. The van der Waals surface area contributed by atoms with Gasteiger partial charge in [0.25, 0.3) is 11.7 Å². The molecule has 1 amide bonds. The summed E-state index contributed by atoms with van der Waals surface area (Å²) < 4.78 is 5.25. The number of aryl methyl sites for hydroxylation is 1. The summed E-state index contributed by atoms with van der Waals surface area (Å²) in [5.41, 5.74) is 3.12.